The van der Waals surface area contributed by atoms with Crippen LogP contribution in [0.25, 0.3) is 0 Å². The lowest BCUT2D eigenvalue weighted by atomic mass is 10.5. The minimum atomic E-state index is -0.161. The van der Waals surface area contributed by atoms with E-state index in [-0.39, 0.29) is 5.56 Å². The molecule has 0 spiro atoms. The minimum Gasteiger partial charge on any atom is -0.366 e. The molecule has 4 heteroatoms. The first-order valence-corrected chi connectivity index (χ1v) is 3.22. The lowest BCUT2D eigenvalue weighted by molar-refractivity contribution is 1.10. The largest absolute Gasteiger partial charge is 0.366 e. The molecule has 1 aromatic rings. The van der Waals surface area contributed by atoms with Gasteiger partial charge in [0.25, 0.3) is 5.56 Å². The Hall–Kier alpha value is -1.58. The number of H-pyrrole nitrogens is 1. The second-order valence-electron chi connectivity index (χ2n) is 1.97. The monoisotopic (exact) mass is 151 g/mol. The van der Waals surface area contributed by atoms with Crippen LogP contribution in [0.1, 0.15) is 0 Å². The van der Waals surface area contributed by atoms with Crippen LogP contribution in [0.2, 0.25) is 0 Å². The molecule has 11 heavy (non-hydrogen) atoms. The molecule has 0 fully saturated rings. The summed E-state index contributed by atoms with van der Waals surface area (Å²) in [4.78, 5) is 17.0. The molecule has 0 unspecified atom stereocenters. The quantitative estimate of drug-likeness (QED) is 0.613. The Labute approximate surface area is 64.0 Å². The Balaban J connectivity index is 2.71. The van der Waals surface area contributed by atoms with Crippen molar-refractivity contribution in [3.05, 3.63) is 35.4 Å². The van der Waals surface area contributed by atoms with Gasteiger partial charge in [0, 0.05) is 12.6 Å². The van der Waals surface area contributed by atoms with Crippen LogP contribution < -0.4 is 10.9 Å². The van der Waals surface area contributed by atoms with Gasteiger partial charge >= 0.3 is 0 Å². The van der Waals surface area contributed by atoms with Crippen molar-refractivity contribution in [3.63, 3.8) is 0 Å². The number of hydrogen-bond acceptors (Lipinski definition) is 3. The normalized spacial score (nSPS) is 9.09. The van der Waals surface area contributed by atoms with Gasteiger partial charge in [0.05, 0.1) is 6.33 Å². The average molecular weight is 151 g/mol. The SMILES string of the molecule is C=CCNc1cc(=O)[nH]cn1. The van der Waals surface area contributed by atoms with Gasteiger partial charge in [-0.3, -0.25) is 4.79 Å². The topological polar surface area (TPSA) is 57.8 Å². The van der Waals surface area contributed by atoms with Gasteiger partial charge in [0.2, 0.25) is 0 Å². The van der Waals surface area contributed by atoms with Gasteiger partial charge in [-0.05, 0) is 0 Å². The number of rotatable bonds is 3. The summed E-state index contributed by atoms with van der Waals surface area (Å²) in [6.07, 6.45) is 3.05. The van der Waals surface area contributed by atoms with E-state index in [0.29, 0.717) is 12.4 Å². The van der Waals surface area contributed by atoms with Crippen molar-refractivity contribution in [3.8, 4) is 0 Å². The maximum Gasteiger partial charge on any atom is 0.252 e. The number of anilines is 1. The fourth-order valence-electron chi connectivity index (χ4n) is 0.642. The van der Waals surface area contributed by atoms with E-state index >= 15 is 0 Å². The molecule has 0 aliphatic rings. The molecule has 0 atom stereocenters. The summed E-state index contributed by atoms with van der Waals surface area (Å²) in [7, 11) is 0. The van der Waals surface area contributed by atoms with E-state index in [9.17, 15) is 4.79 Å². The van der Waals surface area contributed by atoms with Crippen molar-refractivity contribution in [2.75, 3.05) is 11.9 Å². The second kappa shape index (κ2) is 3.55. The molecule has 58 valence electrons. The minimum absolute atomic E-state index is 0.161. The fourth-order valence-corrected chi connectivity index (χ4v) is 0.642. The summed E-state index contributed by atoms with van der Waals surface area (Å²) < 4.78 is 0. The molecule has 0 aromatic carbocycles. The fraction of sp³-hybridized carbons (Fsp3) is 0.143. The highest BCUT2D eigenvalue weighted by atomic mass is 16.1. The Morgan fingerprint density at radius 3 is 3.27 bits per heavy atom. The Kier molecular flexibility index (Phi) is 2.43. The van der Waals surface area contributed by atoms with Gasteiger partial charge in [-0.1, -0.05) is 6.08 Å². The molecule has 1 aromatic heterocycles. The van der Waals surface area contributed by atoms with Gasteiger partial charge in [-0.25, -0.2) is 4.98 Å². The first-order chi connectivity index (χ1) is 5.33. The lowest BCUT2D eigenvalue weighted by Gasteiger charge is -1.98. The van der Waals surface area contributed by atoms with Crippen molar-refractivity contribution in [1.82, 2.24) is 9.97 Å². The predicted octanol–water partition coefficient (Wildman–Crippen LogP) is 0.368. The van der Waals surface area contributed by atoms with Gasteiger partial charge in [-0.15, -0.1) is 6.58 Å². The standard InChI is InChI=1S/C7H9N3O/c1-2-3-8-6-4-7(11)10-5-9-6/h2,4-5H,1,3H2,(H2,8,9,10,11). The zero-order chi connectivity index (χ0) is 8.10. The van der Waals surface area contributed by atoms with E-state index in [2.05, 4.69) is 21.9 Å². The summed E-state index contributed by atoms with van der Waals surface area (Å²) >= 11 is 0. The molecule has 0 aliphatic heterocycles. The molecule has 0 saturated carbocycles. The summed E-state index contributed by atoms with van der Waals surface area (Å²) in [6, 6.07) is 1.39. The smallest absolute Gasteiger partial charge is 0.252 e. The highest BCUT2D eigenvalue weighted by Crippen LogP contribution is 1.92. The zero-order valence-electron chi connectivity index (χ0n) is 6.00. The van der Waals surface area contributed by atoms with Crippen LogP contribution >= 0.6 is 0 Å². The van der Waals surface area contributed by atoms with E-state index in [0.717, 1.165) is 0 Å². The summed E-state index contributed by atoms with van der Waals surface area (Å²) in [5, 5.41) is 2.89. The van der Waals surface area contributed by atoms with E-state index in [1.165, 1.54) is 12.4 Å². The summed E-state index contributed by atoms with van der Waals surface area (Å²) in [6.45, 7) is 4.13. The molecule has 0 amide bonds. The number of nitrogens with zero attached hydrogens (tertiary/aromatic N) is 1. The molecular weight excluding hydrogens is 142 g/mol. The second-order valence-corrected chi connectivity index (χ2v) is 1.97. The first-order valence-electron chi connectivity index (χ1n) is 3.22. The van der Waals surface area contributed by atoms with Crippen LogP contribution in [0.3, 0.4) is 0 Å². The van der Waals surface area contributed by atoms with Crippen LogP contribution in [-0.4, -0.2) is 16.5 Å². The molecule has 2 N–H and O–H groups in total. The molecule has 0 bridgehead atoms. The predicted molar refractivity (Wildman–Crippen MR) is 43.5 cm³/mol. The third kappa shape index (κ3) is 2.25. The van der Waals surface area contributed by atoms with Crippen LogP contribution in [0.5, 0.6) is 0 Å². The van der Waals surface area contributed by atoms with Gasteiger partial charge < -0.3 is 10.3 Å². The van der Waals surface area contributed by atoms with Crippen molar-refractivity contribution < 1.29 is 0 Å². The van der Waals surface area contributed by atoms with Gasteiger partial charge in [0.15, 0.2) is 0 Å². The van der Waals surface area contributed by atoms with Crippen LogP contribution in [0, 0.1) is 0 Å². The van der Waals surface area contributed by atoms with Gasteiger partial charge in [-0.2, -0.15) is 0 Å². The highest BCUT2D eigenvalue weighted by Gasteiger charge is 1.89. The number of aromatic amines is 1. The summed E-state index contributed by atoms with van der Waals surface area (Å²) in [5.41, 5.74) is -0.161. The Morgan fingerprint density at radius 2 is 2.64 bits per heavy atom. The van der Waals surface area contributed by atoms with Crippen LogP contribution in [0.4, 0.5) is 5.82 Å². The average Bonchev–Trinajstić information content (AvgIpc) is 2.01. The van der Waals surface area contributed by atoms with E-state index in [4.69, 9.17) is 0 Å². The van der Waals surface area contributed by atoms with Gasteiger partial charge in [0.1, 0.15) is 5.82 Å². The maximum atomic E-state index is 10.7. The van der Waals surface area contributed by atoms with Crippen LogP contribution in [-0.2, 0) is 0 Å². The first kappa shape index (κ1) is 7.53. The zero-order valence-corrected chi connectivity index (χ0v) is 6.00. The number of nitrogens with one attached hydrogen (secondary N) is 2. The molecule has 4 nitrogen and oxygen atoms in total. The van der Waals surface area contributed by atoms with Crippen LogP contribution in [0.15, 0.2) is 29.8 Å². The molecule has 0 saturated heterocycles. The molecule has 1 heterocycles. The molecular formula is C7H9N3O. The molecule has 0 radical (unpaired) electrons. The molecule has 1 rings (SSSR count). The molecule has 0 aliphatic carbocycles. The number of hydrogen-bond donors (Lipinski definition) is 2. The highest BCUT2D eigenvalue weighted by molar-refractivity contribution is 5.32. The van der Waals surface area contributed by atoms with Crippen molar-refractivity contribution in [1.29, 1.82) is 0 Å². The van der Waals surface area contributed by atoms with E-state index < -0.39 is 0 Å². The maximum absolute atomic E-state index is 10.7. The van der Waals surface area contributed by atoms with E-state index in [1.54, 1.807) is 6.08 Å². The number of aromatic nitrogens is 2. The Bertz CT molecular complexity index is 292. The van der Waals surface area contributed by atoms with Crippen molar-refractivity contribution in [2.45, 2.75) is 0 Å². The third-order valence-electron chi connectivity index (χ3n) is 1.11. The van der Waals surface area contributed by atoms with Crippen molar-refractivity contribution in [2.24, 2.45) is 0 Å². The summed E-state index contributed by atoms with van der Waals surface area (Å²) in [5.74, 6) is 0.564. The van der Waals surface area contributed by atoms with Crippen molar-refractivity contribution >= 4 is 5.82 Å². The lowest BCUT2D eigenvalue weighted by Crippen LogP contribution is -2.08. The van der Waals surface area contributed by atoms with E-state index in [1.807, 2.05) is 0 Å². The Morgan fingerprint density at radius 1 is 1.82 bits per heavy atom. The third-order valence-corrected chi connectivity index (χ3v) is 1.11.